The van der Waals surface area contributed by atoms with Crippen molar-refractivity contribution in [2.45, 2.75) is 39.2 Å². The third-order valence-electron chi connectivity index (χ3n) is 2.90. The fourth-order valence-electron chi connectivity index (χ4n) is 1.61. The molecule has 96 valence electrons. The molecule has 0 fully saturated rings. The molecule has 0 aliphatic carbocycles. The molecule has 0 amide bonds. The third-order valence-corrected chi connectivity index (χ3v) is 2.90. The van der Waals surface area contributed by atoms with Crippen LogP contribution in [0.5, 0.6) is 0 Å². The number of hydrogen-bond donors (Lipinski definition) is 3. The molecule has 1 rings (SSSR count). The van der Waals surface area contributed by atoms with Crippen LogP contribution in [0, 0.1) is 6.92 Å². The summed E-state index contributed by atoms with van der Waals surface area (Å²) in [5, 5.41) is 21.3. The van der Waals surface area contributed by atoms with E-state index in [1.807, 2.05) is 6.92 Å². The summed E-state index contributed by atoms with van der Waals surface area (Å²) in [5.74, 6) is 0. The average Bonchev–Trinajstić information content (AvgIpc) is 2.26. The molecule has 0 aliphatic rings. The Morgan fingerprint density at radius 3 is 2.24 bits per heavy atom. The van der Waals surface area contributed by atoms with E-state index in [1.165, 1.54) is 5.56 Å². The summed E-state index contributed by atoms with van der Waals surface area (Å²) in [6.45, 7) is 8.36. The molecular weight excluding hydrogens is 214 g/mol. The van der Waals surface area contributed by atoms with Gasteiger partial charge in [0.1, 0.15) is 0 Å². The van der Waals surface area contributed by atoms with Crippen molar-refractivity contribution in [3.63, 3.8) is 0 Å². The van der Waals surface area contributed by atoms with E-state index in [0.717, 1.165) is 11.3 Å². The van der Waals surface area contributed by atoms with Crippen molar-refractivity contribution < 1.29 is 10.2 Å². The van der Waals surface area contributed by atoms with Crippen molar-refractivity contribution in [2.24, 2.45) is 0 Å². The molecule has 3 N–H and O–H groups in total. The first-order valence-corrected chi connectivity index (χ1v) is 5.98. The Hall–Kier alpha value is -1.06. The maximum Gasteiger partial charge on any atom is 0.0723 e. The zero-order valence-electron chi connectivity index (χ0n) is 11.1. The first-order chi connectivity index (χ1) is 7.88. The van der Waals surface area contributed by atoms with E-state index < -0.39 is 0 Å². The Balaban J connectivity index is 2.98. The summed E-state index contributed by atoms with van der Waals surface area (Å²) in [6, 6.07) is 5.97. The van der Waals surface area contributed by atoms with Gasteiger partial charge in [-0.25, -0.2) is 0 Å². The van der Waals surface area contributed by atoms with Crippen molar-refractivity contribution in [3.8, 4) is 0 Å². The lowest BCUT2D eigenvalue weighted by molar-refractivity contribution is 0.204. The number of aliphatic hydroxyl groups is 2. The van der Waals surface area contributed by atoms with Crippen LogP contribution in [0.2, 0.25) is 0 Å². The fourth-order valence-corrected chi connectivity index (χ4v) is 1.61. The lowest BCUT2D eigenvalue weighted by Gasteiger charge is -2.23. The molecule has 0 aliphatic heterocycles. The molecule has 0 unspecified atom stereocenters. The average molecular weight is 237 g/mol. The van der Waals surface area contributed by atoms with E-state index >= 15 is 0 Å². The van der Waals surface area contributed by atoms with Gasteiger partial charge in [-0.05, 0) is 29.5 Å². The van der Waals surface area contributed by atoms with Gasteiger partial charge in [-0.1, -0.05) is 32.9 Å². The minimum absolute atomic E-state index is 0.0737. The number of aliphatic hydroxyl groups excluding tert-OH is 2. The monoisotopic (exact) mass is 237 g/mol. The minimum Gasteiger partial charge on any atom is -0.394 e. The van der Waals surface area contributed by atoms with E-state index in [9.17, 15) is 0 Å². The summed E-state index contributed by atoms with van der Waals surface area (Å²) in [5.41, 5.74) is 3.42. The maximum atomic E-state index is 9.08. The van der Waals surface area contributed by atoms with Crippen LogP contribution in [-0.4, -0.2) is 29.5 Å². The highest BCUT2D eigenvalue weighted by molar-refractivity contribution is 5.54. The van der Waals surface area contributed by atoms with Gasteiger partial charge < -0.3 is 15.5 Å². The second-order valence-electron chi connectivity index (χ2n) is 5.49. The quantitative estimate of drug-likeness (QED) is 0.751. The standard InChI is InChI=1S/C14H23NO2/c1-10-5-6-11(14(2,3)4)7-13(10)15-12(8-16)9-17/h5-7,12,15-17H,8-9H2,1-4H3. The van der Waals surface area contributed by atoms with E-state index in [-0.39, 0.29) is 24.7 Å². The molecule has 1 aromatic carbocycles. The zero-order valence-corrected chi connectivity index (χ0v) is 11.1. The Labute approximate surface area is 103 Å². The van der Waals surface area contributed by atoms with Crippen molar-refractivity contribution in [1.29, 1.82) is 0 Å². The van der Waals surface area contributed by atoms with Crippen LogP contribution in [0.4, 0.5) is 5.69 Å². The smallest absolute Gasteiger partial charge is 0.0723 e. The molecule has 0 heterocycles. The van der Waals surface area contributed by atoms with Crippen LogP contribution >= 0.6 is 0 Å². The van der Waals surface area contributed by atoms with Gasteiger partial charge in [0, 0.05) is 5.69 Å². The highest BCUT2D eigenvalue weighted by Gasteiger charge is 2.15. The second kappa shape index (κ2) is 5.52. The molecular formula is C14H23NO2. The highest BCUT2D eigenvalue weighted by atomic mass is 16.3. The number of anilines is 1. The van der Waals surface area contributed by atoms with E-state index in [2.05, 4.69) is 44.3 Å². The van der Waals surface area contributed by atoms with Crippen LogP contribution in [-0.2, 0) is 5.41 Å². The molecule has 0 aromatic heterocycles. The first kappa shape index (κ1) is 14.0. The lowest BCUT2D eigenvalue weighted by Crippen LogP contribution is -2.28. The Bertz CT molecular complexity index is 365. The van der Waals surface area contributed by atoms with Crippen LogP contribution in [0.1, 0.15) is 31.9 Å². The van der Waals surface area contributed by atoms with Crippen LogP contribution < -0.4 is 5.32 Å². The molecule has 1 aromatic rings. The molecule has 0 spiro atoms. The lowest BCUT2D eigenvalue weighted by atomic mass is 9.86. The number of benzene rings is 1. The van der Waals surface area contributed by atoms with Gasteiger partial charge in [0.25, 0.3) is 0 Å². The zero-order chi connectivity index (χ0) is 13.1. The van der Waals surface area contributed by atoms with Gasteiger partial charge in [0.05, 0.1) is 19.3 Å². The maximum absolute atomic E-state index is 9.08. The topological polar surface area (TPSA) is 52.5 Å². The summed E-state index contributed by atoms with van der Waals surface area (Å²) >= 11 is 0. The molecule has 0 radical (unpaired) electrons. The van der Waals surface area contributed by atoms with Crippen molar-refractivity contribution in [1.82, 2.24) is 0 Å². The molecule has 0 saturated carbocycles. The molecule has 3 heteroatoms. The van der Waals surface area contributed by atoms with Crippen LogP contribution in [0.25, 0.3) is 0 Å². The summed E-state index contributed by atoms with van der Waals surface area (Å²) < 4.78 is 0. The van der Waals surface area contributed by atoms with Crippen LogP contribution in [0.3, 0.4) is 0 Å². The van der Waals surface area contributed by atoms with Gasteiger partial charge in [0.2, 0.25) is 0 Å². The molecule has 17 heavy (non-hydrogen) atoms. The van der Waals surface area contributed by atoms with Gasteiger partial charge in [0.15, 0.2) is 0 Å². The molecule has 0 atom stereocenters. The Morgan fingerprint density at radius 2 is 1.76 bits per heavy atom. The minimum atomic E-state index is -0.302. The highest BCUT2D eigenvalue weighted by Crippen LogP contribution is 2.27. The summed E-state index contributed by atoms with van der Waals surface area (Å²) in [4.78, 5) is 0. The number of aryl methyl sites for hydroxylation is 1. The first-order valence-electron chi connectivity index (χ1n) is 5.98. The molecule has 0 saturated heterocycles. The molecule has 3 nitrogen and oxygen atoms in total. The predicted molar refractivity (Wildman–Crippen MR) is 71.5 cm³/mol. The number of nitrogens with one attached hydrogen (secondary N) is 1. The van der Waals surface area contributed by atoms with Crippen molar-refractivity contribution >= 4 is 5.69 Å². The summed E-state index contributed by atoms with van der Waals surface area (Å²) in [7, 11) is 0. The van der Waals surface area contributed by atoms with Crippen LogP contribution in [0.15, 0.2) is 18.2 Å². The van der Waals surface area contributed by atoms with E-state index in [1.54, 1.807) is 0 Å². The number of rotatable bonds is 4. The van der Waals surface area contributed by atoms with Gasteiger partial charge in [-0.2, -0.15) is 0 Å². The van der Waals surface area contributed by atoms with Gasteiger partial charge in [-0.3, -0.25) is 0 Å². The normalized spacial score (nSPS) is 11.9. The fraction of sp³-hybridized carbons (Fsp3) is 0.571. The molecule has 0 bridgehead atoms. The second-order valence-corrected chi connectivity index (χ2v) is 5.49. The Kier molecular flexibility index (Phi) is 4.54. The Morgan fingerprint density at radius 1 is 1.18 bits per heavy atom. The van der Waals surface area contributed by atoms with Gasteiger partial charge in [-0.15, -0.1) is 0 Å². The van der Waals surface area contributed by atoms with Crippen molar-refractivity contribution in [3.05, 3.63) is 29.3 Å². The van der Waals surface area contributed by atoms with E-state index in [0.29, 0.717) is 0 Å². The predicted octanol–water partition coefficient (Wildman–Crippen LogP) is 2.06. The van der Waals surface area contributed by atoms with Gasteiger partial charge >= 0.3 is 0 Å². The third kappa shape index (κ3) is 3.72. The summed E-state index contributed by atoms with van der Waals surface area (Å²) in [6.07, 6.45) is 0. The SMILES string of the molecule is Cc1ccc(C(C)(C)C)cc1NC(CO)CO. The largest absolute Gasteiger partial charge is 0.394 e. The van der Waals surface area contributed by atoms with Crippen molar-refractivity contribution in [2.75, 3.05) is 18.5 Å². The van der Waals surface area contributed by atoms with E-state index in [4.69, 9.17) is 10.2 Å². The number of hydrogen-bond acceptors (Lipinski definition) is 3.